The fourth-order valence-electron chi connectivity index (χ4n) is 1.87. The van der Waals surface area contributed by atoms with Crippen molar-refractivity contribution in [2.24, 2.45) is 7.05 Å². The number of nitrogens with zero attached hydrogens (tertiary/aromatic N) is 4. The highest BCUT2D eigenvalue weighted by Crippen LogP contribution is 2.25. The van der Waals surface area contributed by atoms with E-state index in [9.17, 15) is 0 Å². The molecular formula is C10H15N5. The van der Waals surface area contributed by atoms with Crippen LogP contribution in [0.4, 0.5) is 5.82 Å². The van der Waals surface area contributed by atoms with Gasteiger partial charge in [-0.15, -0.1) is 0 Å². The molecule has 0 aromatic carbocycles. The number of rotatable bonds is 1. The molecule has 0 aliphatic carbocycles. The first kappa shape index (κ1) is 9.89. The normalized spacial score (nSPS) is 11.5. The van der Waals surface area contributed by atoms with Crippen molar-refractivity contribution in [3.8, 4) is 0 Å². The lowest BCUT2D eigenvalue weighted by atomic mass is 10.1. The summed E-state index contributed by atoms with van der Waals surface area (Å²) in [7, 11) is 1.91. The Morgan fingerprint density at radius 1 is 1.20 bits per heavy atom. The van der Waals surface area contributed by atoms with Gasteiger partial charge in [0.25, 0.3) is 0 Å². The standard InChI is InChI=1S/C10H15N5/c1-5(2)9-7-8(14-15(9)4)10(11)13-6(3)12-7/h5H,1-4H3,(H2,11,12,13). The molecule has 5 nitrogen and oxygen atoms in total. The number of hydrogen-bond donors (Lipinski definition) is 1. The first-order chi connectivity index (χ1) is 7.00. The zero-order valence-corrected chi connectivity index (χ0v) is 9.44. The van der Waals surface area contributed by atoms with E-state index in [4.69, 9.17) is 5.73 Å². The van der Waals surface area contributed by atoms with Gasteiger partial charge in [0.15, 0.2) is 11.3 Å². The minimum Gasteiger partial charge on any atom is -0.382 e. The number of aryl methyl sites for hydroxylation is 2. The molecular weight excluding hydrogens is 190 g/mol. The van der Waals surface area contributed by atoms with E-state index in [1.54, 1.807) is 0 Å². The lowest BCUT2D eigenvalue weighted by molar-refractivity contribution is 0.676. The van der Waals surface area contributed by atoms with Crippen molar-refractivity contribution < 1.29 is 0 Å². The summed E-state index contributed by atoms with van der Waals surface area (Å²) in [4.78, 5) is 8.51. The van der Waals surface area contributed by atoms with Crippen LogP contribution in [0.25, 0.3) is 11.0 Å². The fourth-order valence-corrected chi connectivity index (χ4v) is 1.87. The summed E-state index contributed by atoms with van der Waals surface area (Å²) in [6.07, 6.45) is 0. The quantitative estimate of drug-likeness (QED) is 0.763. The molecule has 0 saturated carbocycles. The molecule has 0 spiro atoms. The lowest BCUT2D eigenvalue weighted by Crippen LogP contribution is -2.00. The Bertz CT molecular complexity index is 512. The van der Waals surface area contributed by atoms with Crippen molar-refractivity contribution in [1.29, 1.82) is 0 Å². The number of nitrogens with two attached hydrogens (primary N) is 1. The molecule has 0 amide bonds. The molecule has 5 heteroatoms. The van der Waals surface area contributed by atoms with Gasteiger partial charge in [0.05, 0.1) is 5.69 Å². The second-order valence-corrected chi connectivity index (χ2v) is 4.02. The highest BCUT2D eigenvalue weighted by Gasteiger charge is 2.16. The van der Waals surface area contributed by atoms with E-state index < -0.39 is 0 Å². The van der Waals surface area contributed by atoms with Gasteiger partial charge in [-0.3, -0.25) is 4.68 Å². The first-order valence-electron chi connectivity index (χ1n) is 4.97. The minimum atomic E-state index is 0.369. The zero-order valence-electron chi connectivity index (χ0n) is 9.44. The summed E-state index contributed by atoms with van der Waals surface area (Å²) in [6.45, 7) is 6.07. The van der Waals surface area contributed by atoms with Crippen molar-refractivity contribution in [1.82, 2.24) is 19.7 Å². The average Bonchev–Trinajstić information content (AvgIpc) is 2.41. The SMILES string of the molecule is Cc1nc(N)c2nn(C)c(C(C)C)c2n1. The van der Waals surface area contributed by atoms with E-state index in [2.05, 4.69) is 28.9 Å². The molecule has 2 rings (SSSR count). The van der Waals surface area contributed by atoms with Crippen LogP contribution in [0.3, 0.4) is 0 Å². The van der Waals surface area contributed by atoms with Crippen molar-refractivity contribution in [3.05, 3.63) is 11.5 Å². The molecule has 0 aliphatic heterocycles. The molecule has 80 valence electrons. The summed E-state index contributed by atoms with van der Waals surface area (Å²) in [6, 6.07) is 0. The van der Waals surface area contributed by atoms with Gasteiger partial charge in [-0.25, -0.2) is 9.97 Å². The summed E-state index contributed by atoms with van der Waals surface area (Å²) in [5.41, 5.74) is 8.49. The molecule has 2 N–H and O–H groups in total. The summed E-state index contributed by atoms with van der Waals surface area (Å²) in [5.74, 6) is 1.52. The van der Waals surface area contributed by atoms with Gasteiger partial charge in [-0.05, 0) is 12.8 Å². The largest absolute Gasteiger partial charge is 0.382 e. The summed E-state index contributed by atoms with van der Waals surface area (Å²) >= 11 is 0. The number of anilines is 1. The van der Waals surface area contributed by atoms with Crippen molar-refractivity contribution in [2.45, 2.75) is 26.7 Å². The lowest BCUT2D eigenvalue weighted by Gasteiger charge is -2.05. The fraction of sp³-hybridized carbons (Fsp3) is 0.500. The number of nitrogen functional groups attached to an aromatic ring is 1. The van der Waals surface area contributed by atoms with Crippen LogP contribution in [0.1, 0.15) is 31.3 Å². The van der Waals surface area contributed by atoms with Crippen LogP contribution >= 0.6 is 0 Å². The maximum atomic E-state index is 5.81. The Hall–Kier alpha value is -1.65. The highest BCUT2D eigenvalue weighted by atomic mass is 15.3. The Labute approximate surface area is 88.3 Å². The summed E-state index contributed by atoms with van der Waals surface area (Å²) in [5, 5.41) is 4.34. The zero-order chi connectivity index (χ0) is 11.2. The monoisotopic (exact) mass is 205 g/mol. The van der Waals surface area contributed by atoms with Gasteiger partial charge < -0.3 is 5.73 Å². The third-order valence-corrected chi connectivity index (χ3v) is 2.41. The van der Waals surface area contributed by atoms with Crippen LogP contribution in [0.5, 0.6) is 0 Å². The second-order valence-electron chi connectivity index (χ2n) is 4.02. The second kappa shape index (κ2) is 3.18. The topological polar surface area (TPSA) is 69.6 Å². The Morgan fingerprint density at radius 2 is 1.87 bits per heavy atom. The van der Waals surface area contributed by atoms with Gasteiger partial charge in [0.2, 0.25) is 0 Å². The first-order valence-corrected chi connectivity index (χ1v) is 4.97. The van der Waals surface area contributed by atoms with Gasteiger partial charge in [-0.2, -0.15) is 5.10 Å². The molecule has 0 atom stereocenters. The highest BCUT2D eigenvalue weighted by molar-refractivity contribution is 5.86. The Kier molecular flexibility index (Phi) is 2.10. The molecule has 0 unspecified atom stereocenters. The molecule has 2 aromatic rings. The number of hydrogen-bond acceptors (Lipinski definition) is 4. The maximum absolute atomic E-state index is 5.81. The Balaban J connectivity index is 2.86. The van der Waals surface area contributed by atoms with Crippen molar-refractivity contribution in [3.63, 3.8) is 0 Å². The molecule has 0 aliphatic rings. The third kappa shape index (κ3) is 1.44. The smallest absolute Gasteiger partial charge is 0.155 e. The minimum absolute atomic E-state index is 0.369. The van der Waals surface area contributed by atoms with Crippen LogP contribution in [0, 0.1) is 6.92 Å². The molecule has 0 bridgehead atoms. The predicted octanol–water partition coefficient (Wildman–Crippen LogP) is 1.38. The van der Waals surface area contributed by atoms with Crippen LogP contribution in [0.15, 0.2) is 0 Å². The predicted molar refractivity (Wildman–Crippen MR) is 59.5 cm³/mol. The van der Waals surface area contributed by atoms with E-state index >= 15 is 0 Å². The molecule has 2 heterocycles. The van der Waals surface area contributed by atoms with E-state index in [1.807, 2.05) is 18.7 Å². The van der Waals surface area contributed by atoms with Crippen LogP contribution in [0.2, 0.25) is 0 Å². The van der Waals surface area contributed by atoms with E-state index in [0.717, 1.165) is 11.2 Å². The molecule has 2 aromatic heterocycles. The molecule has 0 radical (unpaired) electrons. The van der Waals surface area contributed by atoms with E-state index in [1.165, 1.54) is 0 Å². The Morgan fingerprint density at radius 3 is 2.47 bits per heavy atom. The van der Waals surface area contributed by atoms with Crippen LogP contribution in [-0.4, -0.2) is 19.7 Å². The number of aromatic nitrogens is 4. The number of fused-ring (bicyclic) bond motifs is 1. The summed E-state index contributed by atoms with van der Waals surface area (Å²) < 4.78 is 1.83. The van der Waals surface area contributed by atoms with Crippen LogP contribution in [-0.2, 0) is 7.05 Å². The van der Waals surface area contributed by atoms with Gasteiger partial charge in [0.1, 0.15) is 11.3 Å². The van der Waals surface area contributed by atoms with Gasteiger partial charge >= 0.3 is 0 Å². The van der Waals surface area contributed by atoms with Crippen molar-refractivity contribution >= 4 is 16.9 Å². The molecule has 0 saturated heterocycles. The van der Waals surface area contributed by atoms with E-state index in [0.29, 0.717) is 23.1 Å². The molecule has 15 heavy (non-hydrogen) atoms. The average molecular weight is 205 g/mol. The maximum Gasteiger partial charge on any atom is 0.155 e. The van der Waals surface area contributed by atoms with Crippen LogP contribution < -0.4 is 5.73 Å². The van der Waals surface area contributed by atoms with Gasteiger partial charge in [-0.1, -0.05) is 13.8 Å². The third-order valence-electron chi connectivity index (χ3n) is 2.41. The molecule has 0 fully saturated rings. The van der Waals surface area contributed by atoms with E-state index in [-0.39, 0.29) is 0 Å². The van der Waals surface area contributed by atoms with Crippen molar-refractivity contribution in [2.75, 3.05) is 5.73 Å². The van der Waals surface area contributed by atoms with Gasteiger partial charge in [0, 0.05) is 7.05 Å².